The second kappa shape index (κ2) is 9.27. The number of hydrogen-bond donors (Lipinski definition) is 1. The summed E-state index contributed by atoms with van der Waals surface area (Å²) < 4.78 is 65.6. The van der Waals surface area contributed by atoms with Crippen molar-refractivity contribution in [3.05, 3.63) is 71.8 Å². The van der Waals surface area contributed by atoms with Gasteiger partial charge >= 0.3 is 12.1 Å². The first-order chi connectivity index (χ1) is 15.3. The zero-order valence-corrected chi connectivity index (χ0v) is 16.7. The number of esters is 1. The first-order valence-corrected chi connectivity index (χ1v) is 9.82. The second-order valence-corrected chi connectivity index (χ2v) is 7.29. The van der Waals surface area contributed by atoms with Crippen LogP contribution in [0.1, 0.15) is 11.1 Å². The Labute approximate surface area is 181 Å². The van der Waals surface area contributed by atoms with Crippen molar-refractivity contribution in [2.75, 3.05) is 0 Å². The van der Waals surface area contributed by atoms with Gasteiger partial charge in [-0.3, -0.25) is 5.41 Å². The smallest absolute Gasteiger partial charge is 0.451 e. The molecule has 3 aliphatic heterocycles. The Balaban J connectivity index is 1.53. The number of carbonyl (C=O) groups is 1. The molecule has 3 fully saturated rings. The van der Waals surface area contributed by atoms with E-state index in [-0.39, 0.29) is 13.2 Å². The SMILES string of the molecule is N=C(O[C@H]1O[C@@H]2C(=O)O[C@H]1[C@@H](OCc1ccccc1)[C@@H]2OCc1ccccc1)C(F)(F)F. The molecule has 3 heterocycles. The minimum Gasteiger partial charge on any atom is -0.451 e. The van der Waals surface area contributed by atoms with Crippen LogP contribution in [0.3, 0.4) is 0 Å². The highest BCUT2D eigenvalue weighted by Gasteiger charge is 2.59. The van der Waals surface area contributed by atoms with E-state index in [9.17, 15) is 18.0 Å². The molecule has 2 aromatic carbocycles. The molecule has 3 aliphatic rings. The van der Waals surface area contributed by atoms with Gasteiger partial charge in [0.25, 0.3) is 5.90 Å². The first-order valence-electron chi connectivity index (χ1n) is 9.82. The fraction of sp³-hybridized carbons (Fsp3) is 0.364. The van der Waals surface area contributed by atoms with Gasteiger partial charge in [-0.25, -0.2) is 4.79 Å². The van der Waals surface area contributed by atoms with Gasteiger partial charge in [0.15, 0.2) is 12.2 Å². The predicted octanol–water partition coefficient (Wildman–Crippen LogP) is 3.36. The number of hydrogen-bond acceptors (Lipinski definition) is 7. The Morgan fingerprint density at radius 1 is 0.906 bits per heavy atom. The molecule has 0 aliphatic carbocycles. The average molecular weight is 451 g/mol. The molecule has 2 aromatic rings. The average Bonchev–Trinajstić information content (AvgIpc) is 2.78. The van der Waals surface area contributed by atoms with E-state index in [2.05, 4.69) is 4.74 Å². The summed E-state index contributed by atoms with van der Waals surface area (Å²) in [6.45, 7) is 0.224. The largest absolute Gasteiger partial charge is 0.467 e. The van der Waals surface area contributed by atoms with Crippen LogP contribution < -0.4 is 0 Å². The molecule has 0 spiro atoms. The summed E-state index contributed by atoms with van der Waals surface area (Å²) in [7, 11) is 0. The molecule has 2 bridgehead atoms. The highest BCUT2D eigenvalue weighted by atomic mass is 19.4. The standard InChI is InChI=1S/C22H20F3NO6/c23-22(24,25)21(26)32-20-18-16(29-12-14-9-5-2-6-10-14)15(17(31-20)19(27)30-18)28-11-13-7-3-1-4-8-13/h1-10,15-18,20,26H,11-12H2/t15-,16-,17-,18-,20+/m0/s1. The lowest BCUT2D eigenvalue weighted by molar-refractivity contribution is -0.331. The quantitative estimate of drug-likeness (QED) is 0.395. The van der Waals surface area contributed by atoms with Crippen LogP contribution in [0.25, 0.3) is 0 Å². The minimum absolute atomic E-state index is 0.0981. The summed E-state index contributed by atoms with van der Waals surface area (Å²) in [5.41, 5.74) is 1.64. The summed E-state index contributed by atoms with van der Waals surface area (Å²) in [5, 5.41) is 7.11. The van der Waals surface area contributed by atoms with Crippen molar-refractivity contribution in [2.24, 2.45) is 0 Å². The Bertz CT molecular complexity index is 940. The van der Waals surface area contributed by atoms with E-state index in [4.69, 9.17) is 24.4 Å². The van der Waals surface area contributed by atoms with Crippen LogP contribution in [-0.4, -0.2) is 48.7 Å². The molecule has 0 radical (unpaired) electrons. The molecule has 7 nitrogen and oxygen atoms in total. The lowest BCUT2D eigenvalue weighted by Gasteiger charge is -2.48. The number of benzene rings is 2. The topological polar surface area (TPSA) is 87.1 Å². The maximum Gasteiger partial charge on any atom is 0.467 e. The molecule has 32 heavy (non-hydrogen) atoms. The van der Waals surface area contributed by atoms with E-state index < -0.39 is 48.7 Å². The lowest BCUT2D eigenvalue weighted by Crippen LogP contribution is -2.69. The van der Waals surface area contributed by atoms with Gasteiger partial charge in [-0.15, -0.1) is 0 Å². The summed E-state index contributed by atoms with van der Waals surface area (Å²) in [5.74, 6) is -2.74. The minimum atomic E-state index is -5.01. The second-order valence-electron chi connectivity index (χ2n) is 7.29. The van der Waals surface area contributed by atoms with Crippen molar-refractivity contribution in [3.63, 3.8) is 0 Å². The van der Waals surface area contributed by atoms with Gasteiger partial charge in [0.1, 0.15) is 12.2 Å². The summed E-state index contributed by atoms with van der Waals surface area (Å²) >= 11 is 0. The van der Waals surface area contributed by atoms with Crippen molar-refractivity contribution in [1.29, 1.82) is 5.41 Å². The van der Waals surface area contributed by atoms with Crippen molar-refractivity contribution in [2.45, 2.75) is 50.1 Å². The maximum atomic E-state index is 12.8. The van der Waals surface area contributed by atoms with Gasteiger partial charge in [-0.1, -0.05) is 60.7 Å². The predicted molar refractivity (Wildman–Crippen MR) is 103 cm³/mol. The van der Waals surface area contributed by atoms with Gasteiger partial charge in [-0.2, -0.15) is 13.2 Å². The molecule has 0 aromatic heterocycles. The molecule has 5 atom stereocenters. The van der Waals surface area contributed by atoms with E-state index in [1.807, 2.05) is 60.7 Å². The van der Waals surface area contributed by atoms with Crippen molar-refractivity contribution in [1.82, 2.24) is 0 Å². The van der Waals surface area contributed by atoms with Crippen LogP contribution in [-0.2, 0) is 41.7 Å². The summed E-state index contributed by atoms with van der Waals surface area (Å²) in [6, 6.07) is 18.2. The van der Waals surface area contributed by atoms with Gasteiger partial charge < -0.3 is 23.7 Å². The normalized spacial score (nSPS) is 27.1. The van der Waals surface area contributed by atoms with Gasteiger partial charge in [0.2, 0.25) is 6.29 Å². The molecule has 5 rings (SSSR count). The van der Waals surface area contributed by atoms with E-state index in [0.29, 0.717) is 0 Å². The highest BCUT2D eigenvalue weighted by molar-refractivity contribution is 5.80. The van der Waals surface area contributed by atoms with E-state index in [0.717, 1.165) is 11.1 Å². The Morgan fingerprint density at radius 2 is 1.44 bits per heavy atom. The molecular weight excluding hydrogens is 431 g/mol. The number of alkyl halides is 3. The zero-order chi connectivity index (χ0) is 22.7. The zero-order valence-electron chi connectivity index (χ0n) is 16.7. The Kier molecular flexibility index (Phi) is 6.45. The number of fused-ring (bicyclic) bond motifs is 3. The third-order valence-electron chi connectivity index (χ3n) is 5.04. The summed E-state index contributed by atoms with van der Waals surface area (Å²) in [6.07, 6.45) is -11.3. The molecule has 3 saturated heterocycles. The van der Waals surface area contributed by atoms with Crippen molar-refractivity contribution in [3.8, 4) is 0 Å². The highest BCUT2D eigenvalue weighted by Crippen LogP contribution is 2.36. The van der Waals surface area contributed by atoms with Crippen LogP contribution in [0.2, 0.25) is 0 Å². The molecule has 1 N–H and O–H groups in total. The Morgan fingerprint density at radius 3 is 1.97 bits per heavy atom. The molecule has 10 heteroatoms. The van der Waals surface area contributed by atoms with Crippen LogP contribution in [0, 0.1) is 5.41 Å². The molecular formula is C22H20F3NO6. The van der Waals surface area contributed by atoms with Crippen LogP contribution >= 0.6 is 0 Å². The third kappa shape index (κ3) is 4.93. The number of halogens is 3. The van der Waals surface area contributed by atoms with E-state index >= 15 is 0 Å². The van der Waals surface area contributed by atoms with Gasteiger partial charge in [0, 0.05) is 0 Å². The number of carbonyl (C=O) groups excluding carboxylic acids is 1. The first kappa shape index (κ1) is 22.3. The molecule has 0 unspecified atom stereocenters. The molecule has 170 valence electrons. The summed E-state index contributed by atoms with van der Waals surface area (Å²) in [4.78, 5) is 12.3. The van der Waals surface area contributed by atoms with Gasteiger partial charge in [0.05, 0.1) is 13.2 Å². The Hall–Kier alpha value is -2.95. The van der Waals surface area contributed by atoms with Crippen LogP contribution in [0.4, 0.5) is 13.2 Å². The molecule has 0 saturated carbocycles. The number of nitrogens with one attached hydrogen (secondary N) is 1. The van der Waals surface area contributed by atoms with E-state index in [1.54, 1.807) is 0 Å². The monoisotopic (exact) mass is 451 g/mol. The number of rotatable bonds is 7. The van der Waals surface area contributed by atoms with E-state index in [1.165, 1.54) is 0 Å². The van der Waals surface area contributed by atoms with Crippen molar-refractivity contribution >= 4 is 11.9 Å². The van der Waals surface area contributed by atoms with Crippen LogP contribution in [0.5, 0.6) is 0 Å². The number of ether oxygens (including phenoxy) is 5. The molecule has 0 amide bonds. The fourth-order valence-electron chi connectivity index (χ4n) is 3.51. The third-order valence-corrected chi connectivity index (χ3v) is 5.04. The lowest BCUT2D eigenvalue weighted by atomic mass is 9.94. The van der Waals surface area contributed by atoms with Gasteiger partial charge in [-0.05, 0) is 11.1 Å². The maximum absolute atomic E-state index is 12.8. The van der Waals surface area contributed by atoms with Crippen LogP contribution in [0.15, 0.2) is 60.7 Å². The van der Waals surface area contributed by atoms with Crippen molar-refractivity contribution < 1.29 is 41.7 Å². The fourth-order valence-corrected chi connectivity index (χ4v) is 3.51.